The van der Waals surface area contributed by atoms with E-state index < -0.39 is 5.25 Å². The maximum absolute atomic E-state index is 13.0. The minimum atomic E-state index is -0.401. The van der Waals surface area contributed by atoms with E-state index in [2.05, 4.69) is 19.2 Å². The van der Waals surface area contributed by atoms with Crippen molar-refractivity contribution in [2.75, 3.05) is 5.32 Å². The van der Waals surface area contributed by atoms with Gasteiger partial charge in [0.1, 0.15) is 0 Å². The fraction of sp³-hybridized carbons (Fsp3) is 0.348. The van der Waals surface area contributed by atoms with E-state index in [9.17, 15) is 9.59 Å². The van der Waals surface area contributed by atoms with Crippen LogP contribution >= 0.6 is 11.8 Å². The number of nitrogens with zero attached hydrogens (tertiary/aromatic N) is 2. The second kappa shape index (κ2) is 8.82. The highest BCUT2D eigenvalue weighted by Crippen LogP contribution is 2.25. The van der Waals surface area contributed by atoms with E-state index in [1.54, 1.807) is 10.6 Å². The Bertz CT molecular complexity index is 1100. The summed E-state index contributed by atoms with van der Waals surface area (Å²) in [6.45, 7) is 10.5. The Balaban J connectivity index is 1.90. The van der Waals surface area contributed by atoms with Gasteiger partial charge in [-0.25, -0.2) is 4.98 Å². The van der Waals surface area contributed by atoms with E-state index in [4.69, 9.17) is 4.98 Å². The van der Waals surface area contributed by atoms with Gasteiger partial charge in [0.15, 0.2) is 5.16 Å². The lowest BCUT2D eigenvalue weighted by molar-refractivity contribution is -0.115. The van der Waals surface area contributed by atoms with Crippen LogP contribution in [-0.4, -0.2) is 20.7 Å². The van der Waals surface area contributed by atoms with Crippen LogP contribution in [0.3, 0.4) is 0 Å². The van der Waals surface area contributed by atoms with Gasteiger partial charge >= 0.3 is 0 Å². The first-order valence-electron chi connectivity index (χ1n) is 9.80. The van der Waals surface area contributed by atoms with E-state index in [-0.39, 0.29) is 17.4 Å². The molecule has 0 aliphatic rings. The molecule has 3 aromatic rings. The standard InChI is InChI=1S/C23H27N3O2S/c1-14(2)13-26-22(28)18-8-6-7-9-19(18)25-23(26)29-17(5)21(27)24-20-12-15(3)10-11-16(20)4/h6-12,14,17H,13H2,1-5H3,(H,24,27)/t17-/m0/s1. The molecule has 1 atom stereocenters. The molecule has 0 aliphatic heterocycles. The third kappa shape index (κ3) is 4.88. The Kier molecular flexibility index (Phi) is 6.42. The summed E-state index contributed by atoms with van der Waals surface area (Å²) < 4.78 is 1.69. The van der Waals surface area contributed by atoms with Gasteiger partial charge in [0.05, 0.1) is 16.2 Å². The first-order valence-corrected chi connectivity index (χ1v) is 10.7. The van der Waals surface area contributed by atoms with E-state index in [0.29, 0.717) is 22.6 Å². The second-order valence-electron chi connectivity index (χ2n) is 7.79. The quantitative estimate of drug-likeness (QED) is 0.470. The number of para-hydroxylation sites is 1. The third-order valence-electron chi connectivity index (χ3n) is 4.68. The number of carbonyl (C=O) groups excluding carboxylic acids is 1. The van der Waals surface area contributed by atoms with E-state index in [1.165, 1.54) is 11.8 Å². The van der Waals surface area contributed by atoms with Gasteiger partial charge in [0, 0.05) is 12.2 Å². The Morgan fingerprint density at radius 2 is 1.86 bits per heavy atom. The average molecular weight is 410 g/mol. The number of rotatable bonds is 6. The van der Waals surface area contributed by atoms with E-state index in [1.807, 2.05) is 57.2 Å². The van der Waals surface area contributed by atoms with Gasteiger partial charge < -0.3 is 5.32 Å². The predicted octanol–water partition coefficient (Wildman–Crippen LogP) is 4.79. The summed E-state index contributed by atoms with van der Waals surface area (Å²) in [5.74, 6) is 0.177. The number of hydrogen-bond acceptors (Lipinski definition) is 4. The first-order chi connectivity index (χ1) is 13.8. The van der Waals surface area contributed by atoms with Crippen LogP contribution in [0.2, 0.25) is 0 Å². The molecule has 0 saturated heterocycles. The molecule has 0 unspecified atom stereocenters. The summed E-state index contributed by atoms with van der Waals surface area (Å²) in [6.07, 6.45) is 0. The van der Waals surface area contributed by atoms with Crippen LogP contribution in [0.4, 0.5) is 5.69 Å². The largest absolute Gasteiger partial charge is 0.325 e. The van der Waals surface area contributed by atoms with Crippen LogP contribution in [0.15, 0.2) is 52.4 Å². The smallest absolute Gasteiger partial charge is 0.262 e. The molecule has 0 aliphatic carbocycles. The summed E-state index contributed by atoms with van der Waals surface area (Å²) in [6, 6.07) is 13.3. The number of amides is 1. The van der Waals surface area contributed by atoms with Gasteiger partial charge in [-0.15, -0.1) is 0 Å². The zero-order valence-electron chi connectivity index (χ0n) is 17.5. The molecular formula is C23H27N3O2S. The van der Waals surface area contributed by atoms with Crippen LogP contribution in [0.5, 0.6) is 0 Å². The number of carbonyl (C=O) groups is 1. The number of thioether (sulfide) groups is 1. The SMILES string of the molecule is Cc1ccc(C)c(NC(=O)[C@H](C)Sc2nc3ccccc3c(=O)n2CC(C)C)c1. The molecule has 1 N–H and O–H groups in total. The van der Waals surface area contributed by atoms with Crippen LogP contribution < -0.4 is 10.9 Å². The van der Waals surface area contributed by atoms with Gasteiger partial charge in [-0.05, 0) is 56.0 Å². The van der Waals surface area contributed by atoms with Crippen molar-refractivity contribution in [3.8, 4) is 0 Å². The van der Waals surface area contributed by atoms with Crippen LogP contribution in [0.25, 0.3) is 10.9 Å². The lowest BCUT2D eigenvalue weighted by atomic mass is 10.1. The summed E-state index contributed by atoms with van der Waals surface area (Å²) >= 11 is 1.32. The predicted molar refractivity (Wildman–Crippen MR) is 121 cm³/mol. The van der Waals surface area contributed by atoms with E-state index in [0.717, 1.165) is 16.8 Å². The zero-order chi connectivity index (χ0) is 21.1. The molecule has 2 aromatic carbocycles. The van der Waals surface area contributed by atoms with Crippen LogP contribution in [0.1, 0.15) is 31.9 Å². The molecule has 6 heteroatoms. The lowest BCUT2D eigenvalue weighted by Gasteiger charge is -2.18. The minimum absolute atomic E-state index is 0.0612. The van der Waals surface area contributed by atoms with Crippen molar-refractivity contribution in [3.05, 3.63) is 63.9 Å². The molecule has 1 heterocycles. The van der Waals surface area contributed by atoms with Crippen LogP contribution in [0, 0.1) is 19.8 Å². The van der Waals surface area contributed by atoms with Gasteiger partial charge in [0.2, 0.25) is 5.91 Å². The number of aryl methyl sites for hydroxylation is 2. The summed E-state index contributed by atoms with van der Waals surface area (Å²) in [5, 5.41) is 3.78. The maximum atomic E-state index is 13.0. The second-order valence-corrected chi connectivity index (χ2v) is 9.10. The van der Waals surface area contributed by atoms with Crippen molar-refractivity contribution in [2.24, 2.45) is 5.92 Å². The Morgan fingerprint density at radius 3 is 2.59 bits per heavy atom. The van der Waals surface area contributed by atoms with Crippen molar-refractivity contribution in [2.45, 2.75) is 51.6 Å². The molecule has 3 rings (SSSR count). The fourth-order valence-electron chi connectivity index (χ4n) is 3.08. The topological polar surface area (TPSA) is 64.0 Å². The zero-order valence-corrected chi connectivity index (χ0v) is 18.3. The molecule has 29 heavy (non-hydrogen) atoms. The summed E-state index contributed by atoms with van der Waals surface area (Å²) in [5.41, 5.74) is 3.51. The van der Waals surface area contributed by atoms with Crippen molar-refractivity contribution in [1.29, 1.82) is 0 Å². The van der Waals surface area contributed by atoms with Crippen molar-refractivity contribution < 1.29 is 4.79 Å². The van der Waals surface area contributed by atoms with Crippen molar-refractivity contribution in [1.82, 2.24) is 9.55 Å². The molecule has 0 saturated carbocycles. The molecule has 152 valence electrons. The fourth-order valence-corrected chi connectivity index (χ4v) is 4.00. The number of nitrogens with one attached hydrogen (secondary N) is 1. The van der Waals surface area contributed by atoms with Crippen molar-refractivity contribution >= 4 is 34.3 Å². The minimum Gasteiger partial charge on any atom is -0.325 e. The molecule has 1 aromatic heterocycles. The normalized spacial score (nSPS) is 12.3. The molecular weight excluding hydrogens is 382 g/mol. The summed E-state index contributed by atoms with van der Waals surface area (Å²) in [7, 11) is 0. The number of aromatic nitrogens is 2. The Hall–Kier alpha value is -2.60. The van der Waals surface area contributed by atoms with Crippen LogP contribution in [-0.2, 0) is 11.3 Å². The van der Waals surface area contributed by atoms with Gasteiger partial charge in [-0.3, -0.25) is 14.2 Å². The summed E-state index contributed by atoms with van der Waals surface area (Å²) in [4.78, 5) is 30.5. The molecule has 1 amide bonds. The monoisotopic (exact) mass is 409 g/mol. The average Bonchev–Trinajstić information content (AvgIpc) is 2.67. The number of fused-ring (bicyclic) bond motifs is 1. The highest BCUT2D eigenvalue weighted by molar-refractivity contribution is 8.00. The maximum Gasteiger partial charge on any atom is 0.262 e. The molecule has 0 radical (unpaired) electrons. The third-order valence-corrected chi connectivity index (χ3v) is 5.77. The molecule has 0 fully saturated rings. The first kappa shape index (κ1) is 21.1. The molecule has 0 spiro atoms. The van der Waals surface area contributed by atoms with Gasteiger partial charge in [-0.1, -0.05) is 49.9 Å². The van der Waals surface area contributed by atoms with Gasteiger partial charge in [0.25, 0.3) is 5.56 Å². The number of hydrogen-bond donors (Lipinski definition) is 1. The van der Waals surface area contributed by atoms with Crippen molar-refractivity contribution in [3.63, 3.8) is 0 Å². The highest BCUT2D eigenvalue weighted by atomic mass is 32.2. The Morgan fingerprint density at radius 1 is 1.14 bits per heavy atom. The Labute approximate surface area is 175 Å². The lowest BCUT2D eigenvalue weighted by Crippen LogP contribution is -2.28. The van der Waals surface area contributed by atoms with Gasteiger partial charge in [-0.2, -0.15) is 0 Å². The number of benzene rings is 2. The highest BCUT2D eigenvalue weighted by Gasteiger charge is 2.20. The van der Waals surface area contributed by atoms with E-state index >= 15 is 0 Å². The molecule has 5 nitrogen and oxygen atoms in total. The number of anilines is 1. The molecule has 0 bridgehead atoms.